The largest absolute Gasteiger partial charge is 0.472 e. The summed E-state index contributed by atoms with van der Waals surface area (Å²) in [6.07, 6.45) is 5.19. The third-order valence-electron chi connectivity index (χ3n) is 3.09. The Labute approximate surface area is 116 Å². The third kappa shape index (κ3) is 4.04. The monoisotopic (exact) mass is 277 g/mol. The van der Waals surface area contributed by atoms with Crippen LogP contribution >= 0.6 is 0 Å². The Bertz CT molecular complexity index is 520. The fraction of sp³-hybridized carbons (Fsp3) is 0.333. The molecule has 0 saturated heterocycles. The molecule has 1 unspecified atom stereocenters. The van der Waals surface area contributed by atoms with E-state index in [1.165, 1.54) is 11.1 Å². The van der Waals surface area contributed by atoms with E-state index in [1.54, 1.807) is 18.8 Å². The highest BCUT2D eigenvalue weighted by Crippen LogP contribution is 2.12. The van der Waals surface area contributed by atoms with Crippen molar-refractivity contribution in [2.24, 2.45) is 0 Å². The van der Waals surface area contributed by atoms with Crippen molar-refractivity contribution in [3.05, 3.63) is 54.0 Å². The van der Waals surface area contributed by atoms with Crippen LogP contribution in [0.4, 0.5) is 0 Å². The van der Waals surface area contributed by atoms with Crippen LogP contribution in [0.5, 0.6) is 0 Å². The van der Waals surface area contributed by atoms with Gasteiger partial charge in [-0.05, 0) is 30.3 Å². The predicted octanol–water partition coefficient (Wildman–Crippen LogP) is 3.04. The molecule has 1 heterocycles. The molecule has 3 nitrogen and oxygen atoms in total. The van der Waals surface area contributed by atoms with E-state index in [0.29, 0.717) is 0 Å². The average molecular weight is 277 g/mol. The molecule has 4 heteroatoms. The van der Waals surface area contributed by atoms with Gasteiger partial charge in [-0.1, -0.05) is 19.1 Å². The lowest BCUT2D eigenvalue weighted by atomic mass is 10.2. The van der Waals surface area contributed by atoms with E-state index >= 15 is 0 Å². The highest BCUT2D eigenvalue weighted by atomic mass is 32.2. The number of benzene rings is 1. The number of nitrogens with zero attached hydrogens (tertiary/aromatic N) is 1. The second kappa shape index (κ2) is 6.68. The quantitative estimate of drug-likeness (QED) is 0.813. The Morgan fingerprint density at radius 3 is 2.32 bits per heavy atom. The van der Waals surface area contributed by atoms with Gasteiger partial charge in [0.05, 0.1) is 12.5 Å². The van der Waals surface area contributed by atoms with Gasteiger partial charge in [-0.25, -0.2) is 0 Å². The number of furan rings is 1. The van der Waals surface area contributed by atoms with Crippen molar-refractivity contribution in [3.63, 3.8) is 0 Å². The Hall–Kier alpha value is -1.39. The van der Waals surface area contributed by atoms with E-state index in [2.05, 4.69) is 24.0 Å². The summed E-state index contributed by atoms with van der Waals surface area (Å²) in [7, 11) is -0.904. The van der Waals surface area contributed by atoms with Crippen LogP contribution < -0.4 is 0 Å². The van der Waals surface area contributed by atoms with Crippen LogP contribution in [0.25, 0.3) is 0 Å². The van der Waals surface area contributed by atoms with Crippen molar-refractivity contribution in [1.29, 1.82) is 0 Å². The normalized spacial score (nSPS) is 12.8. The van der Waals surface area contributed by atoms with Crippen molar-refractivity contribution in [2.45, 2.75) is 24.9 Å². The predicted molar refractivity (Wildman–Crippen MR) is 77.3 cm³/mol. The van der Waals surface area contributed by atoms with Gasteiger partial charge in [-0.3, -0.25) is 9.11 Å². The van der Waals surface area contributed by atoms with Gasteiger partial charge in [-0.15, -0.1) is 0 Å². The van der Waals surface area contributed by atoms with Crippen molar-refractivity contribution in [3.8, 4) is 0 Å². The van der Waals surface area contributed by atoms with Crippen molar-refractivity contribution >= 4 is 10.8 Å². The molecule has 0 saturated carbocycles. The Morgan fingerprint density at radius 1 is 1.11 bits per heavy atom. The molecule has 102 valence electrons. The Balaban J connectivity index is 1.99. The molecule has 2 aromatic rings. The van der Waals surface area contributed by atoms with Crippen molar-refractivity contribution in [2.75, 3.05) is 12.8 Å². The van der Waals surface area contributed by atoms with E-state index in [1.807, 2.05) is 18.2 Å². The summed E-state index contributed by atoms with van der Waals surface area (Å²) in [6, 6.07) is 9.98. The first kappa shape index (κ1) is 14.0. The van der Waals surface area contributed by atoms with Gasteiger partial charge >= 0.3 is 0 Å². The van der Waals surface area contributed by atoms with Gasteiger partial charge in [0.2, 0.25) is 0 Å². The minimum absolute atomic E-state index is 0.877. The summed E-state index contributed by atoms with van der Waals surface area (Å²) >= 11 is 0. The molecule has 0 spiro atoms. The summed E-state index contributed by atoms with van der Waals surface area (Å²) in [4.78, 5) is 3.21. The molecule has 0 radical (unpaired) electrons. The number of hydrogen-bond donors (Lipinski definition) is 0. The first-order chi connectivity index (χ1) is 9.19. The van der Waals surface area contributed by atoms with Crippen molar-refractivity contribution in [1.82, 2.24) is 4.90 Å². The van der Waals surface area contributed by atoms with E-state index in [9.17, 15) is 4.21 Å². The fourth-order valence-corrected chi connectivity index (χ4v) is 2.48. The van der Waals surface area contributed by atoms with Crippen LogP contribution in [-0.4, -0.2) is 21.9 Å². The van der Waals surface area contributed by atoms with Gasteiger partial charge in [0.25, 0.3) is 0 Å². The molecule has 2 rings (SSSR count). The van der Waals surface area contributed by atoms with Gasteiger partial charge in [0, 0.05) is 40.6 Å². The number of hydrogen-bond acceptors (Lipinski definition) is 3. The van der Waals surface area contributed by atoms with Crippen molar-refractivity contribution < 1.29 is 8.63 Å². The zero-order chi connectivity index (χ0) is 13.7. The molecule has 1 atom stereocenters. The lowest BCUT2D eigenvalue weighted by Gasteiger charge is -2.19. The van der Waals surface area contributed by atoms with E-state index in [0.717, 1.165) is 24.5 Å². The van der Waals surface area contributed by atoms with E-state index < -0.39 is 10.8 Å². The van der Waals surface area contributed by atoms with Crippen LogP contribution in [-0.2, 0) is 23.9 Å². The van der Waals surface area contributed by atoms with E-state index in [4.69, 9.17) is 4.42 Å². The first-order valence-electron chi connectivity index (χ1n) is 6.35. The van der Waals surface area contributed by atoms with Crippen LogP contribution in [0, 0.1) is 0 Å². The second-order valence-corrected chi connectivity index (χ2v) is 5.91. The smallest absolute Gasteiger partial charge is 0.0947 e. The SMILES string of the molecule is CCN(Cc1ccc(S(C)=O)cc1)Cc1ccoc1. The minimum Gasteiger partial charge on any atom is -0.472 e. The lowest BCUT2D eigenvalue weighted by molar-refractivity contribution is 0.270. The Morgan fingerprint density at radius 2 is 1.79 bits per heavy atom. The van der Waals surface area contributed by atoms with Crippen LogP contribution in [0.15, 0.2) is 52.2 Å². The maximum Gasteiger partial charge on any atom is 0.0947 e. The van der Waals surface area contributed by atoms with Crippen LogP contribution in [0.2, 0.25) is 0 Å². The summed E-state index contributed by atoms with van der Waals surface area (Å²) in [5, 5.41) is 0. The molecular weight excluding hydrogens is 258 g/mol. The summed E-state index contributed by atoms with van der Waals surface area (Å²) in [5.74, 6) is 0. The molecule has 0 bridgehead atoms. The summed E-state index contributed by atoms with van der Waals surface area (Å²) < 4.78 is 16.4. The Kier molecular flexibility index (Phi) is 4.93. The van der Waals surface area contributed by atoms with Gasteiger partial charge in [0.1, 0.15) is 0 Å². The molecule has 0 aliphatic carbocycles. The van der Waals surface area contributed by atoms with Crippen LogP contribution in [0.1, 0.15) is 18.1 Å². The summed E-state index contributed by atoms with van der Waals surface area (Å²) in [6.45, 7) is 4.90. The highest BCUT2D eigenvalue weighted by molar-refractivity contribution is 7.84. The molecule has 0 N–H and O–H groups in total. The molecule has 1 aromatic carbocycles. The molecule has 1 aromatic heterocycles. The summed E-state index contributed by atoms with van der Waals surface area (Å²) in [5.41, 5.74) is 2.42. The maximum atomic E-state index is 11.3. The lowest BCUT2D eigenvalue weighted by Crippen LogP contribution is -2.21. The maximum absolute atomic E-state index is 11.3. The molecule has 0 amide bonds. The molecule has 0 aliphatic rings. The van der Waals surface area contributed by atoms with E-state index in [-0.39, 0.29) is 0 Å². The molecule has 19 heavy (non-hydrogen) atoms. The molecule has 0 fully saturated rings. The zero-order valence-corrected chi connectivity index (χ0v) is 12.2. The fourth-order valence-electron chi connectivity index (χ4n) is 1.97. The minimum atomic E-state index is -0.904. The third-order valence-corrected chi connectivity index (χ3v) is 4.03. The van der Waals surface area contributed by atoms with Gasteiger partial charge in [0.15, 0.2) is 0 Å². The topological polar surface area (TPSA) is 33.5 Å². The molecular formula is C15H19NO2S. The van der Waals surface area contributed by atoms with Gasteiger partial charge < -0.3 is 4.42 Å². The highest BCUT2D eigenvalue weighted by Gasteiger charge is 2.06. The number of rotatable bonds is 6. The average Bonchev–Trinajstić information content (AvgIpc) is 2.91. The molecule has 0 aliphatic heterocycles. The van der Waals surface area contributed by atoms with Crippen LogP contribution in [0.3, 0.4) is 0 Å². The second-order valence-electron chi connectivity index (χ2n) is 4.53. The van der Waals surface area contributed by atoms with Gasteiger partial charge in [-0.2, -0.15) is 0 Å². The standard InChI is InChI=1S/C15H19NO2S/c1-3-16(11-14-8-9-18-12-14)10-13-4-6-15(7-5-13)19(2)17/h4-9,12H,3,10-11H2,1-2H3. The zero-order valence-electron chi connectivity index (χ0n) is 11.3. The first-order valence-corrected chi connectivity index (χ1v) is 7.90.